The second kappa shape index (κ2) is 5.61. The second-order valence-corrected chi connectivity index (χ2v) is 5.95. The molecule has 1 saturated heterocycles. The lowest BCUT2D eigenvalue weighted by molar-refractivity contribution is 0.173. The first-order valence-corrected chi connectivity index (χ1v) is 7.17. The van der Waals surface area contributed by atoms with E-state index in [1.165, 1.54) is 27.8 Å². The molecule has 0 amide bonds. The molecule has 0 radical (unpaired) electrons. The van der Waals surface area contributed by atoms with E-state index in [1.54, 1.807) is 0 Å². The molecule has 1 aromatic rings. The predicted molar refractivity (Wildman–Crippen MR) is 81.6 cm³/mol. The molecule has 3 N–H and O–H groups in total. The number of likely N-dealkylation sites (N-methyl/N-ethyl adjacent to an activating group) is 1. The molecule has 1 aliphatic rings. The fourth-order valence-corrected chi connectivity index (χ4v) is 3.17. The van der Waals surface area contributed by atoms with Gasteiger partial charge in [0.2, 0.25) is 0 Å². The van der Waals surface area contributed by atoms with Crippen LogP contribution in [0.25, 0.3) is 0 Å². The number of hydrogen-bond donors (Lipinski definition) is 2. The van der Waals surface area contributed by atoms with Crippen LogP contribution in [-0.2, 0) is 0 Å². The molecule has 2 rings (SSSR count). The molecule has 2 atom stereocenters. The molecule has 0 aliphatic carbocycles. The summed E-state index contributed by atoms with van der Waals surface area (Å²) in [6.45, 7) is 11.9. The van der Waals surface area contributed by atoms with Gasteiger partial charge in [0.15, 0.2) is 0 Å². The molecule has 1 fully saturated rings. The molecular formula is C16H27N3. The van der Waals surface area contributed by atoms with Crippen LogP contribution < -0.4 is 11.1 Å². The smallest absolute Gasteiger partial charge is 0.0470 e. The van der Waals surface area contributed by atoms with Gasteiger partial charge < -0.3 is 11.1 Å². The zero-order valence-electron chi connectivity index (χ0n) is 12.9. The van der Waals surface area contributed by atoms with Gasteiger partial charge in [-0.3, -0.25) is 4.90 Å². The standard InChI is InChI=1S/C16H27N3/c1-10-8-11(2)13(4)15(12(10)3)16(17)14-9-18-6-7-19(14)5/h8,14,16,18H,6-7,9,17H2,1-5H3. The van der Waals surface area contributed by atoms with Crippen LogP contribution in [0.1, 0.15) is 33.9 Å². The number of piperazine rings is 1. The van der Waals surface area contributed by atoms with E-state index in [1.807, 2.05) is 0 Å². The van der Waals surface area contributed by atoms with E-state index >= 15 is 0 Å². The third-order valence-electron chi connectivity index (χ3n) is 4.73. The zero-order chi connectivity index (χ0) is 14.2. The van der Waals surface area contributed by atoms with Crippen molar-refractivity contribution in [1.82, 2.24) is 10.2 Å². The Balaban J connectivity index is 2.40. The fraction of sp³-hybridized carbons (Fsp3) is 0.625. The number of nitrogens with one attached hydrogen (secondary N) is 1. The molecule has 1 aromatic carbocycles. The highest BCUT2D eigenvalue weighted by atomic mass is 15.2. The quantitative estimate of drug-likeness (QED) is 0.853. The Morgan fingerprint density at radius 3 is 2.32 bits per heavy atom. The predicted octanol–water partition coefficient (Wildman–Crippen LogP) is 1.82. The van der Waals surface area contributed by atoms with Crippen molar-refractivity contribution < 1.29 is 0 Å². The van der Waals surface area contributed by atoms with Gasteiger partial charge in [0.05, 0.1) is 0 Å². The lowest BCUT2D eigenvalue weighted by Gasteiger charge is -2.38. The lowest BCUT2D eigenvalue weighted by Crippen LogP contribution is -2.54. The van der Waals surface area contributed by atoms with Gasteiger partial charge >= 0.3 is 0 Å². The Morgan fingerprint density at radius 2 is 1.79 bits per heavy atom. The van der Waals surface area contributed by atoms with Gasteiger partial charge in [-0.1, -0.05) is 6.07 Å². The second-order valence-electron chi connectivity index (χ2n) is 5.95. The van der Waals surface area contributed by atoms with Gasteiger partial charge in [-0.15, -0.1) is 0 Å². The third-order valence-corrected chi connectivity index (χ3v) is 4.73. The maximum Gasteiger partial charge on any atom is 0.0470 e. The summed E-state index contributed by atoms with van der Waals surface area (Å²) in [6, 6.07) is 2.73. The average molecular weight is 261 g/mol. The molecular weight excluding hydrogens is 234 g/mol. The van der Waals surface area contributed by atoms with Gasteiger partial charge in [0, 0.05) is 31.7 Å². The van der Waals surface area contributed by atoms with Gasteiger partial charge in [0.1, 0.15) is 0 Å². The molecule has 1 aliphatic heterocycles. The molecule has 0 aromatic heterocycles. The normalized spacial score (nSPS) is 22.5. The molecule has 19 heavy (non-hydrogen) atoms. The van der Waals surface area contributed by atoms with Crippen molar-refractivity contribution in [3.8, 4) is 0 Å². The summed E-state index contributed by atoms with van der Waals surface area (Å²) in [5.74, 6) is 0. The minimum absolute atomic E-state index is 0.0800. The molecule has 3 heteroatoms. The first-order valence-electron chi connectivity index (χ1n) is 7.17. The fourth-order valence-electron chi connectivity index (χ4n) is 3.17. The molecule has 2 unspecified atom stereocenters. The summed E-state index contributed by atoms with van der Waals surface area (Å²) in [5.41, 5.74) is 13.4. The summed E-state index contributed by atoms with van der Waals surface area (Å²) in [5, 5.41) is 3.46. The molecule has 1 heterocycles. The zero-order valence-corrected chi connectivity index (χ0v) is 12.9. The van der Waals surface area contributed by atoms with E-state index in [-0.39, 0.29) is 6.04 Å². The summed E-state index contributed by atoms with van der Waals surface area (Å²) in [4.78, 5) is 2.39. The van der Waals surface area contributed by atoms with E-state index in [0.717, 1.165) is 19.6 Å². The van der Waals surface area contributed by atoms with E-state index in [9.17, 15) is 0 Å². The Morgan fingerprint density at radius 1 is 1.21 bits per heavy atom. The summed E-state index contributed by atoms with van der Waals surface area (Å²) in [6.07, 6.45) is 0. The van der Waals surface area contributed by atoms with Crippen LogP contribution in [0.15, 0.2) is 6.07 Å². The highest BCUT2D eigenvalue weighted by Gasteiger charge is 2.28. The maximum atomic E-state index is 6.62. The largest absolute Gasteiger partial charge is 0.323 e. The number of nitrogens with two attached hydrogens (primary N) is 1. The van der Waals surface area contributed by atoms with Crippen LogP contribution in [0.4, 0.5) is 0 Å². The van der Waals surface area contributed by atoms with Crippen LogP contribution >= 0.6 is 0 Å². The van der Waals surface area contributed by atoms with Crippen LogP contribution in [-0.4, -0.2) is 37.6 Å². The molecule has 0 spiro atoms. The highest BCUT2D eigenvalue weighted by Crippen LogP contribution is 2.29. The lowest BCUT2D eigenvalue weighted by atomic mass is 9.86. The van der Waals surface area contributed by atoms with Crippen LogP contribution in [0.3, 0.4) is 0 Å². The number of aryl methyl sites for hydroxylation is 2. The Labute approximate surface area is 117 Å². The van der Waals surface area contributed by atoms with Crippen LogP contribution in [0.5, 0.6) is 0 Å². The first-order chi connectivity index (χ1) is 8.93. The Hall–Kier alpha value is -0.900. The number of benzene rings is 1. The van der Waals surface area contributed by atoms with Gasteiger partial charge in [-0.05, 0) is 62.6 Å². The Kier molecular flexibility index (Phi) is 4.29. The number of rotatable bonds is 2. The summed E-state index contributed by atoms with van der Waals surface area (Å²) in [7, 11) is 2.18. The summed E-state index contributed by atoms with van der Waals surface area (Å²) >= 11 is 0. The number of hydrogen-bond acceptors (Lipinski definition) is 3. The Bertz CT molecular complexity index is 441. The van der Waals surface area contributed by atoms with E-state index < -0.39 is 0 Å². The molecule has 0 bridgehead atoms. The van der Waals surface area contributed by atoms with Crippen molar-refractivity contribution in [2.24, 2.45) is 5.73 Å². The number of nitrogens with zero attached hydrogens (tertiary/aromatic N) is 1. The third kappa shape index (κ3) is 2.69. The van der Waals surface area contributed by atoms with Crippen molar-refractivity contribution in [3.63, 3.8) is 0 Å². The van der Waals surface area contributed by atoms with E-state index in [4.69, 9.17) is 5.73 Å². The summed E-state index contributed by atoms with van der Waals surface area (Å²) < 4.78 is 0. The van der Waals surface area contributed by atoms with Gasteiger partial charge in [0.25, 0.3) is 0 Å². The van der Waals surface area contributed by atoms with Crippen LogP contribution in [0.2, 0.25) is 0 Å². The van der Waals surface area contributed by atoms with E-state index in [2.05, 4.69) is 51.0 Å². The van der Waals surface area contributed by atoms with Crippen molar-refractivity contribution in [3.05, 3.63) is 33.9 Å². The molecule has 106 valence electrons. The van der Waals surface area contributed by atoms with Crippen molar-refractivity contribution in [2.75, 3.05) is 26.7 Å². The molecule has 0 saturated carbocycles. The molecule has 3 nitrogen and oxygen atoms in total. The van der Waals surface area contributed by atoms with Crippen molar-refractivity contribution >= 4 is 0 Å². The van der Waals surface area contributed by atoms with Crippen LogP contribution in [0, 0.1) is 27.7 Å². The average Bonchev–Trinajstić information content (AvgIpc) is 2.37. The van der Waals surface area contributed by atoms with Gasteiger partial charge in [-0.25, -0.2) is 0 Å². The van der Waals surface area contributed by atoms with E-state index in [0.29, 0.717) is 6.04 Å². The van der Waals surface area contributed by atoms with Crippen molar-refractivity contribution in [2.45, 2.75) is 39.8 Å². The maximum absolute atomic E-state index is 6.62. The topological polar surface area (TPSA) is 41.3 Å². The first kappa shape index (κ1) is 14.5. The monoisotopic (exact) mass is 261 g/mol. The minimum atomic E-state index is 0.0800. The van der Waals surface area contributed by atoms with Gasteiger partial charge in [-0.2, -0.15) is 0 Å². The SMILES string of the molecule is Cc1cc(C)c(C)c(C(N)C2CNCCN2C)c1C. The minimum Gasteiger partial charge on any atom is -0.323 e. The van der Waals surface area contributed by atoms with Crippen molar-refractivity contribution in [1.29, 1.82) is 0 Å². The highest BCUT2D eigenvalue weighted by molar-refractivity contribution is 5.46.